The monoisotopic (exact) mass is 482 g/mol. The number of esters is 1. The highest BCUT2D eigenvalue weighted by Gasteiger charge is 2.43. The molecule has 1 aliphatic heterocycles. The summed E-state index contributed by atoms with van der Waals surface area (Å²) in [5.41, 5.74) is 4.84. The van der Waals surface area contributed by atoms with Gasteiger partial charge >= 0.3 is 5.97 Å². The molecule has 0 fully saturated rings. The molecular formula is C27H22N4O5. The van der Waals surface area contributed by atoms with E-state index < -0.39 is 16.9 Å². The highest BCUT2D eigenvalue weighted by atomic mass is 16.6. The van der Waals surface area contributed by atoms with Crippen LogP contribution in [-0.2, 0) is 4.74 Å². The van der Waals surface area contributed by atoms with Gasteiger partial charge in [0.15, 0.2) is 0 Å². The number of carbonyl (C=O) groups is 2. The number of rotatable bonds is 6. The molecule has 0 radical (unpaired) electrons. The lowest BCUT2D eigenvalue weighted by molar-refractivity contribution is -0.384. The van der Waals surface area contributed by atoms with Gasteiger partial charge in [0, 0.05) is 28.9 Å². The number of aromatic nitrogens is 2. The number of fused-ring (bicyclic) bond motifs is 1. The molecule has 1 aliphatic rings. The molecule has 0 spiro atoms. The number of non-ortho nitro benzene ring substituents is 1. The van der Waals surface area contributed by atoms with Crippen LogP contribution in [0.25, 0.3) is 11.3 Å². The summed E-state index contributed by atoms with van der Waals surface area (Å²) in [5.74, 6) is -0.778. The lowest BCUT2D eigenvalue weighted by atomic mass is 9.95. The summed E-state index contributed by atoms with van der Waals surface area (Å²) in [5, 5.41) is 18.8. The first-order valence-electron chi connectivity index (χ1n) is 11.4. The van der Waals surface area contributed by atoms with Gasteiger partial charge in [0.2, 0.25) is 0 Å². The van der Waals surface area contributed by atoms with Crippen LogP contribution in [0.2, 0.25) is 0 Å². The van der Waals surface area contributed by atoms with Gasteiger partial charge in [0.05, 0.1) is 28.8 Å². The fraction of sp³-hybridized carbons (Fsp3) is 0.148. The predicted octanol–water partition coefficient (Wildman–Crippen LogP) is 5.22. The molecule has 0 unspecified atom stereocenters. The topological polar surface area (TPSA) is 118 Å². The SMILES string of the molecule is CCOC(=O)c1ccc(N2C(=O)c3[nH]nc(-c4ccc(C)cc4)c3[C@@H]2c2cccc([N+](=O)[O-])c2)cc1. The average molecular weight is 482 g/mol. The van der Waals surface area contributed by atoms with Crippen molar-refractivity contribution < 1.29 is 19.2 Å². The third-order valence-electron chi connectivity index (χ3n) is 6.15. The Balaban J connectivity index is 1.66. The number of amides is 1. The summed E-state index contributed by atoms with van der Waals surface area (Å²) < 4.78 is 5.06. The second-order valence-electron chi connectivity index (χ2n) is 8.42. The molecule has 9 heteroatoms. The van der Waals surface area contributed by atoms with Crippen LogP contribution < -0.4 is 4.90 Å². The van der Waals surface area contributed by atoms with Gasteiger partial charge in [-0.15, -0.1) is 0 Å². The molecule has 1 aromatic heterocycles. The van der Waals surface area contributed by atoms with Crippen molar-refractivity contribution in [3.8, 4) is 11.3 Å². The van der Waals surface area contributed by atoms with Crippen molar-refractivity contribution in [2.75, 3.05) is 11.5 Å². The maximum absolute atomic E-state index is 13.6. The highest BCUT2D eigenvalue weighted by Crippen LogP contribution is 2.45. The van der Waals surface area contributed by atoms with Crippen molar-refractivity contribution in [3.05, 3.63) is 111 Å². The zero-order valence-corrected chi connectivity index (χ0v) is 19.6. The van der Waals surface area contributed by atoms with Gasteiger partial charge in [-0.05, 0) is 43.7 Å². The van der Waals surface area contributed by atoms with Gasteiger partial charge in [-0.1, -0.05) is 42.0 Å². The maximum atomic E-state index is 13.6. The van der Waals surface area contributed by atoms with E-state index in [1.165, 1.54) is 12.1 Å². The van der Waals surface area contributed by atoms with E-state index in [4.69, 9.17) is 4.74 Å². The molecular weight excluding hydrogens is 460 g/mol. The Morgan fingerprint density at radius 1 is 1.11 bits per heavy atom. The number of ether oxygens (including phenoxy) is 1. The van der Waals surface area contributed by atoms with E-state index in [1.807, 2.05) is 31.2 Å². The third-order valence-corrected chi connectivity index (χ3v) is 6.15. The molecule has 3 aromatic carbocycles. The van der Waals surface area contributed by atoms with Gasteiger partial charge in [-0.3, -0.25) is 24.9 Å². The van der Waals surface area contributed by atoms with Crippen molar-refractivity contribution in [2.24, 2.45) is 0 Å². The van der Waals surface area contributed by atoms with Crippen molar-refractivity contribution in [3.63, 3.8) is 0 Å². The van der Waals surface area contributed by atoms with Crippen LogP contribution in [0.4, 0.5) is 11.4 Å². The van der Waals surface area contributed by atoms with Crippen LogP contribution in [0.1, 0.15) is 50.5 Å². The van der Waals surface area contributed by atoms with Crippen LogP contribution in [0.15, 0.2) is 72.8 Å². The number of aryl methyl sites for hydroxylation is 1. The maximum Gasteiger partial charge on any atom is 0.338 e. The van der Waals surface area contributed by atoms with E-state index in [0.29, 0.717) is 33.8 Å². The lowest BCUT2D eigenvalue weighted by Crippen LogP contribution is -2.29. The fourth-order valence-corrected chi connectivity index (χ4v) is 4.44. The molecule has 1 N–H and O–H groups in total. The smallest absolute Gasteiger partial charge is 0.338 e. The van der Waals surface area contributed by atoms with Crippen LogP contribution in [-0.4, -0.2) is 33.6 Å². The number of anilines is 1. The summed E-state index contributed by atoms with van der Waals surface area (Å²) in [4.78, 5) is 38.4. The zero-order valence-electron chi connectivity index (χ0n) is 19.6. The zero-order chi connectivity index (χ0) is 25.4. The van der Waals surface area contributed by atoms with Crippen LogP contribution in [0, 0.1) is 17.0 Å². The van der Waals surface area contributed by atoms with Crippen LogP contribution >= 0.6 is 0 Å². The van der Waals surface area contributed by atoms with E-state index >= 15 is 0 Å². The fourth-order valence-electron chi connectivity index (χ4n) is 4.44. The Hall–Kier alpha value is -4.79. The lowest BCUT2D eigenvalue weighted by Gasteiger charge is -2.26. The molecule has 36 heavy (non-hydrogen) atoms. The molecule has 180 valence electrons. The van der Waals surface area contributed by atoms with Crippen LogP contribution in [0.5, 0.6) is 0 Å². The Morgan fingerprint density at radius 3 is 2.50 bits per heavy atom. The van der Waals surface area contributed by atoms with Crippen molar-refractivity contribution >= 4 is 23.3 Å². The number of H-pyrrole nitrogens is 1. The average Bonchev–Trinajstić information content (AvgIpc) is 3.44. The van der Waals surface area contributed by atoms with E-state index in [0.717, 1.165) is 11.1 Å². The minimum Gasteiger partial charge on any atom is -0.462 e. The van der Waals surface area contributed by atoms with Gasteiger partial charge in [0.25, 0.3) is 11.6 Å². The molecule has 0 aliphatic carbocycles. The number of benzene rings is 3. The van der Waals surface area contributed by atoms with E-state index in [-0.39, 0.29) is 18.2 Å². The first-order chi connectivity index (χ1) is 17.4. The Labute approximate surface area is 206 Å². The summed E-state index contributed by atoms with van der Waals surface area (Å²) >= 11 is 0. The van der Waals surface area contributed by atoms with Gasteiger partial charge in [0.1, 0.15) is 5.69 Å². The van der Waals surface area contributed by atoms with Crippen molar-refractivity contribution in [2.45, 2.75) is 19.9 Å². The first-order valence-corrected chi connectivity index (χ1v) is 11.4. The molecule has 0 bridgehead atoms. The van der Waals surface area contributed by atoms with Gasteiger partial charge < -0.3 is 4.74 Å². The summed E-state index contributed by atoms with van der Waals surface area (Å²) in [6.07, 6.45) is 0. The van der Waals surface area contributed by atoms with Crippen molar-refractivity contribution in [1.82, 2.24) is 10.2 Å². The molecule has 1 amide bonds. The second-order valence-corrected chi connectivity index (χ2v) is 8.42. The largest absolute Gasteiger partial charge is 0.462 e. The minimum atomic E-state index is -0.670. The standard InChI is InChI=1S/C27H22N4O5/c1-3-36-27(33)18-11-13-20(14-12-18)30-25(19-5-4-6-21(15-19)31(34)35)22-23(28-29-24(22)26(30)32)17-9-7-16(2)8-10-17/h4-15,25H,3H2,1-2H3,(H,28,29)/t25-/m0/s1. The predicted molar refractivity (Wildman–Crippen MR) is 133 cm³/mol. The number of hydrogen-bond acceptors (Lipinski definition) is 6. The molecule has 5 rings (SSSR count). The van der Waals surface area contributed by atoms with Gasteiger partial charge in [-0.25, -0.2) is 4.79 Å². The number of nitrogens with zero attached hydrogens (tertiary/aromatic N) is 3. The Morgan fingerprint density at radius 2 is 1.83 bits per heavy atom. The van der Waals surface area contributed by atoms with E-state index in [2.05, 4.69) is 10.2 Å². The second kappa shape index (κ2) is 9.10. The van der Waals surface area contributed by atoms with Crippen molar-refractivity contribution in [1.29, 1.82) is 0 Å². The number of nitro benzene ring substituents is 1. The molecule has 2 heterocycles. The molecule has 1 atom stereocenters. The molecule has 0 saturated heterocycles. The molecule has 0 saturated carbocycles. The molecule has 4 aromatic rings. The highest BCUT2D eigenvalue weighted by molar-refractivity contribution is 6.12. The Kier molecular flexibility index (Phi) is 5.81. The quantitative estimate of drug-likeness (QED) is 0.229. The normalized spacial score (nSPS) is 14.6. The van der Waals surface area contributed by atoms with E-state index in [1.54, 1.807) is 48.2 Å². The number of nitrogens with one attached hydrogen (secondary N) is 1. The first kappa shape index (κ1) is 23.0. The summed E-state index contributed by atoms with van der Waals surface area (Å²) in [7, 11) is 0. The Bertz CT molecular complexity index is 1480. The number of aromatic amines is 1. The van der Waals surface area contributed by atoms with Crippen LogP contribution in [0.3, 0.4) is 0 Å². The number of nitro groups is 1. The minimum absolute atomic E-state index is 0.0774. The third kappa shape index (κ3) is 3.90. The number of hydrogen-bond donors (Lipinski definition) is 1. The number of carbonyl (C=O) groups excluding carboxylic acids is 2. The summed E-state index contributed by atoms with van der Waals surface area (Å²) in [6.45, 7) is 3.96. The molecule has 9 nitrogen and oxygen atoms in total. The van der Waals surface area contributed by atoms with Gasteiger partial charge in [-0.2, -0.15) is 5.10 Å². The summed E-state index contributed by atoms with van der Waals surface area (Å²) in [6, 6.07) is 19.9. The van der Waals surface area contributed by atoms with E-state index in [9.17, 15) is 19.7 Å².